The van der Waals surface area contributed by atoms with E-state index in [0.717, 1.165) is 0 Å². The Balaban J connectivity index is 2.41. The number of guanidine groups is 1. The van der Waals surface area contributed by atoms with Crippen molar-refractivity contribution >= 4 is 12.3 Å². The molecule has 0 saturated carbocycles. The highest BCUT2D eigenvalue weighted by atomic mass is 15.5. The van der Waals surface area contributed by atoms with E-state index in [1.165, 1.54) is 11.3 Å². The van der Waals surface area contributed by atoms with Gasteiger partial charge in [-0.05, 0) is 0 Å². The molecular weight excluding hydrogens is 172 g/mol. The maximum Gasteiger partial charge on any atom is 0.245 e. The Morgan fingerprint density at radius 2 is 2.23 bits per heavy atom. The molecule has 2 heterocycles. The molecule has 0 aromatic heterocycles. The topological polar surface area (TPSA) is 144 Å². The number of nitrogens with zero attached hydrogens (tertiary/aromatic N) is 3. The molecule has 13 heavy (non-hydrogen) atoms. The van der Waals surface area contributed by atoms with E-state index in [1.54, 1.807) is 0 Å². The molecule has 2 aliphatic heterocycles. The Kier molecular flexibility index (Phi) is 1.33. The van der Waals surface area contributed by atoms with Crippen molar-refractivity contribution in [3.63, 3.8) is 0 Å². The first kappa shape index (κ1) is 8.23. The Morgan fingerprint density at radius 3 is 2.92 bits per heavy atom. The van der Waals surface area contributed by atoms with Crippen LogP contribution in [-0.2, 0) is 0 Å². The second kappa shape index (κ2) is 2.10. The molecule has 72 valence electrons. The lowest BCUT2D eigenvalue weighted by Crippen LogP contribution is -2.75. The summed E-state index contributed by atoms with van der Waals surface area (Å²) in [6.45, 7) is 0.289. The average Bonchev–Trinajstić information content (AvgIpc) is 2.19. The molecule has 0 amide bonds. The Labute approximate surface area is 74.6 Å². The summed E-state index contributed by atoms with van der Waals surface area (Å²) in [5.41, 5.74) is 16.2. The third-order valence-electron chi connectivity index (χ3n) is 2.13. The normalized spacial score (nSPS) is 42.7. The SMILES string of the molecule is NC1=NC2(N)N=CN(N)CC2(N)N1. The van der Waals surface area contributed by atoms with Gasteiger partial charge < -0.3 is 16.8 Å². The molecule has 2 atom stereocenters. The first-order chi connectivity index (χ1) is 5.95. The highest BCUT2D eigenvalue weighted by molar-refractivity contribution is 5.82. The fourth-order valence-electron chi connectivity index (χ4n) is 1.42. The van der Waals surface area contributed by atoms with Gasteiger partial charge in [-0.2, -0.15) is 0 Å². The predicted octanol–water partition coefficient (Wildman–Crippen LogP) is -3.61. The van der Waals surface area contributed by atoms with Crippen molar-refractivity contribution in [2.24, 2.45) is 33.0 Å². The quantitative estimate of drug-likeness (QED) is 0.246. The molecule has 0 spiro atoms. The summed E-state index contributed by atoms with van der Waals surface area (Å²) in [5, 5.41) is 4.07. The number of hydrogen-bond donors (Lipinski definition) is 5. The van der Waals surface area contributed by atoms with Crippen molar-refractivity contribution in [1.82, 2.24) is 10.3 Å². The lowest BCUT2D eigenvalue weighted by atomic mass is 10.0. The number of hydrogen-bond acceptors (Lipinski definition) is 8. The predicted molar refractivity (Wildman–Crippen MR) is 48.0 cm³/mol. The van der Waals surface area contributed by atoms with Gasteiger partial charge in [-0.25, -0.2) is 15.8 Å². The zero-order valence-corrected chi connectivity index (χ0v) is 6.94. The van der Waals surface area contributed by atoms with E-state index in [9.17, 15) is 0 Å². The fourth-order valence-corrected chi connectivity index (χ4v) is 1.42. The van der Waals surface area contributed by atoms with Crippen LogP contribution in [0.4, 0.5) is 0 Å². The van der Waals surface area contributed by atoms with Gasteiger partial charge in [0.25, 0.3) is 0 Å². The second-order valence-corrected chi connectivity index (χ2v) is 3.24. The van der Waals surface area contributed by atoms with E-state index >= 15 is 0 Å². The largest absolute Gasteiger partial charge is 0.370 e. The van der Waals surface area contributed by atoms with Crippen LogP contribution < -0.4 is 28.4 Å². The van der Waals surface area contributed by atoms with Gasteiger partial charge in [0.1, 0.15) is 6.34 Å². The summed E-state index contributed by atoms with van der Waals surface area (Å²) in [4.78, 5) is 7.83. The van der Waals surface area contributed by atoms with Crippen LogP contribution in [0.15, 0.2) is 9.98 Å². The molecule has 0 radical (unpaired) electrons. The number of rotatable bonds is 0. The van der Waals surface area contributed by atoms with Gasteiger partial charge in [0.05, 0.1) is 6.54 Å². The van der Waals surface area contributed by atoms with Gasteiger partial charge in [-0.15, -0.1) is 0 Å². The summed E-state index contributed by atoms with van der Waals surface area (Å²) < 4.78 is 0. The van der Waals surface area contributed by atoms with Crippen LogP contribution in [0.2, 0.25) is 0 Å². The van der Waals surface area contributed by atoms with Crippen molar-refractivity contribution in [3.8, 4) is 0 Å². The van der Waals surface area contributed by atoms with Crippen LogP contribution in [0.5, 0.6) is 0 Å². The minimum atomic E-state index is -1.24. The van der Waals surface area contributed by atoms with Gasteiger partial charge >= 0.3 is 0 Å². The molecule has 0 saturated heterocycles. The average molecular weight is 184 g/mol. The van der Waals surface area contributed by atoms with Gasteiger partial charge in [-0.1, -0.05) is 0 Å². The zero-order valence-electron chi connectivity index (χ0n) is 6.94. The third kappa shape index (κ3) is 0.963. The summed E-state index contributed by atoms with van der Waals surface area (Å²) in [6, 6.07) is 0. The molecule has 2 unspecified atom stereocenters. The monoisotopic (exact) mass is 184 g/mol. The van der Waals surface area contributed by atoms with Gasteiger partial charge in [0.15, 0.2) is 11.6 Å². The molecule has 9 N–H and O–H groups in total. The van der Waals surface area contributed by atoms with Gasteiger partial charge in [0, 0.05) is 0 Å². The third-order valence-corrected chi connectivity index (χ3v) is 2.13. The van der Waals surface area contributed by atoms with Crippen LogP contribution in [0.3, 0.4) is 0 Å². The molecule has 0 aromatic rings. The van der Waals surface area contributed by atoms with E-state index in [4.69, 9.17) is 23.0 Å². The lowest BCUT2D eigenvalue weighted by molar-refractivity contribution is 0.170. The molecule has 0 fully saturated rings. The smallest absolute Gasteiger partial charge is 0.245 e. The Hall–Kier alpha value is -1.38. The summed E-state index contributed by atoms with van der Waals surface area (Å²) in [7, 11) is 0. The minimum absolute atomic E-state index is 0.178. The molecule has 8 heteroatoms. The number of nitrogens with one attached hydrogen (secondary N) is 1. The minimum Gasteiger partial charge on any atom is -0.370 e. The van der Waals surface area contributed by atoms with Crippen molar-refractivity contribution in [2.45, 2.75) is 11.4 Å². The summed E-state index contributed by atoms with van der Waals surface area (Å²) in [6.07, 6.45) is 1.38. The van der Waals surface area contributed by atoms with Gasteiger partial charge in [0.2, 0.25) is 5.79 Å². The van der Waals surface area contributed by atoms with Crippen LogP contribution in [0, 0.1) is 0 Å². The standard InChI is InChI=1S/C5H12N8/c6-3-11-4(7)1-13(9)2-10-5(4,8)12-3/h2H,1,7-9H2,(H3,6,11,12). The van der Waals surface area contributed by atoms with Crippen LogP contribution in [0.25, 0.3) is 0 Å². The van der Waals surface area contributed by atoms with Crippen molar-refractivity contribution < 1.29 is 0 Å². The van der Waals surface area contributed by atoms with Crippen LogP contribution in [0.1, 0.15) is 0 Å². The first-order valence-corrected chi connectivity index (χ1v) is 3.73. The molecule has 0 aromatic carbocycles. The number of fused-ring (bicyclic) bond motifs is 1. The highest BCUT2D eigenvalue weighted by Crippen LogP contribution is 2.25. The van der Waals surface area contributed by atoms with E-state index in [0.29, 0.717) is 0 Å². The van der Waals surface area contributed by atoms with Gasteiger partial charge in [-0.3, -0.25) is 10.7 Å². The van der Waals surface area contributed by atoms with E-state index < -0.39 is 11.4 Å². The van der Waals surface area contributed by atoms with E-state index in [1.807, 2.05) is 0 Å². The second-order valence-electron chi connectivity index (χ2n) is 3.24. The first-order valence-electron chi connectivity index (χ1n) is 3.73. The van der Waals surface area contributed by atoms with Crippen molar-refractivity contribution in [1.29, 1.82) is 0 Å². The zero-order chi connectivity index (χ0) is 9.69. The molecule has 0 bridgehead atoms. The fraction of sp³-hybridized carbons (Fsp3) is 0.600. The van der Waals surface area contributed by atoms with Crippen molar-refractivity contribution in [2.75, 3.05) is 6.54 Å². The Bertz CT molecular complexity index is 297. The maximum absolute atomic E-state index is 5.91. The summed E-state index contributed by atoms with van der Waals surface area (Å²) in [5.74, 6) is 4.43. The maximum atomic E-state index is 5.91. The molecule has 2 rings (SSSR count). The molecule has 8 nitrogen and oxygen atoms in total. The number of aliphatic imine (C=N–C) groups is 2. The Morgan fingerprint density at radius 1 is 1.54 bits per heavy atom. The molecule has 2 aliphatic rings. The summed E-state index contributed by atoms with van der Waals surface area (Å²) >= 11 is 0. The highest BCUT2D eigenvalue weighted by Gasteiger charge is 2.54. The van der Waals surface area contributed by atoms with E-state index in [-0.39, 0.29) is 12.5 Å². The van der Waals surface area contributed by atoms with Crippen molar-refractivity contribution in [3.05, 3.63) is 0 Å². The lowest BCUT2D eigenvalue weighted by Gasteiger charge is -2.40. The number of nitrogens with two attached hydrogens (primary N) is 4. The van der Waals surface area contributed by atoms with Crippen LogP contribution in [-0.4, -0.2) is 35.3 Å². The molecular formula is C5H12N8. The molecule has 0 aliphatic carbocycles. The number of hydrazine groups is 1. The van der Waals surface area contributed by atoms with E-state index in [2.05, 4.69) is 15.3 Å². The van der Waals surface area contributed by atoms with Crippen LogP contribution >= 0.6 is 0 Å².